The van der Waals surface area contributed by atoms with Crippen molar-refractivity contribution < 1.29 is 17.6 Å². The number of furan rings is 1. The van der Waals surface area contributed by atoms with Gasteiger partial charge in [0.2, 0.25) is 15.9 Å². The third-order valence-corrected chi connectivity index (χ3v) is 6.57. The van der Waals surface area contributed by atoms with Gasteiger partial charge < -0.3 is 9.73 Å². The number of carbonyl (C=O) groups is 1. The van der Waals surface area contributed by atoms with Crippen LogP contribution in [0.3, 0.4) is 0 Å². The van der Waals surface area contributed by atoms with Crippen LogP contribution in [0.4, 0.5) is 0 Å². The molecule has 0 atom stereocenters. The van der Waals surface area contributed by atoms with Gasteiger partial charge in [-0.25, -0.2) is 12.7 Å². The van der Waals surface area contributed by atoms with E-state index in [1.807, 2.05) is 12.1 Å². The van der Waals surface area contributed by atoms with Crippen molar-refractivity contribution in [2.24, 2.45) is 0 Å². The van der Waals surface area contributed by atoms with Crippen LogP contribution in [-0.2, 0) is 20.6 Å². The fourth-order valence-electron chi connectivity index (χ4n) is 2.27. The number of hydrogen-bond acceptors (Lipinski definition) is 5. The highest BCUT2D eigenvalue weighted by Gasteiger charge is 2.19. The van der Waals surface area contributed by atoms with E-state index < -0.39 is 10.0 Å². The lowest BCUT2D eigenvalue weighted by atomic mass is 10.3. The zero-order valence-electron chi connectivity index (χ0n) is 14.8. The summed E-state index contributed by atoms with van der Waals surface area (Å²) in [7, 11) is -1.96. The Bertz CT molecular complexity index is 762. The molecular formula is C18H24N2O4S2. The molecule has 0 aliphatic rings. The van der Waals surface area contributed by atoms with E-state index in [2.05, 4.69) is 5.32 Å². The van der Waals surface area contributed by atoms with E-state index in [1.165, 1.54) is 11.4 Å². The molecule has 2 aromatic rings. The van der Waals surface area contributed by atoms with E-state index >= 15 is 0 Å². The number of sulfonamides is 1. The smallest absolute Gasteiger partial charge is 0.242 e. The Hall–Kier alpha value is -1.77. The first kappa shape index (κ1) is 20.5. The molecule has 26 heavy (non-hydrogen) atoms. The van der Waals surface area contributed by atoms with Crippen molar-refractivity contribution in [2.45, 2.75) is 23.5 Å². The fourth-order valence-corrected chi connectivity index (χ4v) is 4.26. The highest BCUT2D eigenvalue weighted by atomic mass is 32.2. The quantitative estimate of drug-likeness (QED) is 0.591. The highest BCUT2D eigenvalue weighted by Crippen LogP contribution is 2.14. The minimum Gasteiger partial charge on any atom is -0.468 e. The van der Waals surface area contributed by atoms with Gasteiger partial charge in [0, 0.05) is 32.3 Å². The number of amides is 1. The Morgan fingerprint density at radius 2 is 1.96 bits per heavy atom. The van der Waals surface area contributed by atoms with Crippen LogP contribution in [0.1, 0.15) is 18.6 Å². The molecule has 1 heterocycles. The number of nitrogens with zero attached hydrogens (tertiary/aromatic N) is 1. The molecule has 0 spiro atoms. The largest absolute Gasteiger partial charge is 0.468 e. The van der Waals surface area contributed by atoms with Crippen molar-refractivity contribution in [2.75, 3.05) is 25.9 Å². The molecule has 1 aromatic heterocycles. The molecule has 1 amide bonds. The highest BCUT2D eigenvalue weighted by molar-refractivity contribution is 7.98. The predicted octanol–water partition coefficient (Wildman–Crippen LogP) is 2.73. The van der Waals surface area contributed by atoms with E-state index in [-0.39, 0.29) is 10.8 Å². The Labute approximate surface area is 159 Å². The van der Waals surface area contributed by atoms with Gasteiger partial charge in [0.15, 0.2) is 0 Å². The molecular weight excluding hydrogens is 372 g/mol. The van der Waals surface area contributed by atoms with Crippen LogP contribution < -0.4 is 5.32 Å². The predicted molar refractivity (Wildman–Crippen MR) is 103 cm³/mol. The van der Waals surface area contributed by atoms with Crippen LogP contribution in [0.5, 0.6) is 0 Å². The molecule has 1 aromatic carbocycles. The summed E-state index contributed by atoms with van der Waals surface area (Å²) in [6, 6.07) is 12.1. The van der Waals surface area contributed by atoms with Gasteiger partial charge in [0.05, 0.1) is 16.9 Å². The topological polar surface area (TPSA) is 79.6 Å². The molecule has 0 radical (unpaired) electrons. The minimum atomic E-state index is -3.49. The van der Waals surface area contributed by atoms with Crippen molar-refractivity contribution in [1.29, 1.82) is 0 Å². The first-order valence-electron chi connectivity index (χ1n) is 8.38. The maximum atomic E-state index is 12.4. The van der Waals surface area contributed by atoms with Crippen LogP contribution in [0.15, 0.2) is 58.0 Å². The minimum absolute atomic E-state index is 0.0610. The van der Waals surface area contributed by atoms with E-state index in [9.17, 15) is 13.2 Å². The Morgan fingerprint density at radius 1 is 1.19 bits per heavy atom. The maximum Gasteiger partial charge on any atom is 0.242 e. The van der Waals surface area contributed by atoms with E-state index in [1.54, 1.807) is 48.4 Å². The molecule has 0 unspecified atom stereocenters. The van der Waals surface area contributed by atoms with Gasteiger partial charge >= 0.3 is 0 Å². The lowest BCUT2D eigenvalue weighted by Gasteiger charge is -2.17. The first-order chi connectivity index (χ1) is 12.5. The average molecular weight is 397 g/mol. The Kier molecular flexibility index (Phi) is 8.21. The van der Waals surface area contributed by atoms with Crippen molar-refractivity contribution in [1.82, 2.24) is 9.62 Å². The van der Waals surface area contributed by atoms with Crippen molar-refractivity contribution in [3.05, 3.63) is 54.5 Å². The molecule has 1 N–H and O–H groups in total. The number of hydrogen-bond donors (Lipinski definition) is 1. The fraction of sp³-hybridized carbons (Fsp3) is 0.389. The van der Waals surface area contributed by atoms with Gasteiger partial charge in [-0.05, 0) is 30.7 Å². The first-order valence-corrected chi connectivity index (χ1v) is 11.0. The maximum absolute atomic E-state index is 12.4. The standard InChI is InChI=1S/C18H24N2O4S2/c1-20(26(22,23)17-8-3-2-4-9-17)12-5-10-18(21)19-11-14-25-15-16-7-6-13-24-16/h2-4,6-9,13H,5,10-12,14-15H2,1H3,(H,19,21). The van der Waals surface area contributed by atoms with Crippen LogP contribution in [0, 0.1) is 0 Å². The molecule has 2 rings (SSSR count). The van der Waals surface area contributed by atoms with Gasteiger partial charge in [-0.1, -0.05) is 18.2 Å². The number of rotatable bonds is 11. The Balaban J connectivity index is 1.60. The van der Waals surface area contributed by atoms with Crippen molar-refractivity contribution in [3.63, 3.8) is 0 Å². The molecule has 0 aliphatic carbocycles. The van der Waals surface area contributed by atoms with Crippen LogP contribution >= 0.6 is 11.8 Å². The number of nitrogens with one attached hydrogen (secondary N) is 1. The van der Waals surface area contributed by atoms with Crippen LogP contribution in [0.25, 0.3) is 0 Å². The summed E-state index contributed by atoms with van der Waals surface area (Å²) in [5.74, 6) is 2.44. The average Bonchev–Trinajstić information content (AvgIpc) is 3.15. The third-order valence-electron chi connectivity index (χ3n) is 3.72. The summed E-state index contributed by atoms with van der Waals surface area (Å²) in [4.78, 5) is 12.1. The number of carbonyl (C=O) groups excluding carboxylic acids is 1. The van der Waals surface area contributed by atoms with Gasteiger partial charge in [-0.3, -0.25) is 4.79 Å². The van der Waals surface area contributed by atoms with Gasteiger partial charge in [0.1, 0.15) is 5.76 Å². The SMILES string of the molecule is CN(CCCC(=O)NCCSCc1ccco1)S(=O)(=O)c1ccccc1. The van der Waals surface area contributed by atoms with Crippen molar-refractivity contribution >= 4 is 27.7 Å². The second kappa shape index (κ2) is 10.4. The van der Waals surface area contributed by atoms with E-state index in [0.717, 1.165) is 17.3 Å². The van der Waals surface area contributed by atoms with Crippen molar-refractivity contribution in [3.8, 4) is 0 Å². The monoisotopic (exact) mass is 396 g/mol. The normalized spacial score (nSPS) is 11.6. The lowest BCUT2D eigenvalue weighted by Crippen LogP contribution is -2.30. The summed E-state index contributed by atoms with van der Waals surface area (Å²) in [6.07, 6.45) is 2.43. The molecule has 0 bridgehead atoms. The molecule has 6 nitrogen and oxygen atoms in total. The summed E-state index contributed by atoms with van der Waals surface area (Å²) < 4.78 is 31.2. The second-order valence-electron chi connectivity index (χ2n) is 5.73. The third kappa shape index (κ3) is 6.51. The van der Waals surface area contributed by atoms with Gasteiger partial charge in [-0.15, -0.1) is 0 Å². The Morgan fingerprint density at radius 3 is 2.65 bits per heavy atom. The second-order valence-corrected chi connectivity index (χ2v) is 8.88. The number of benzene rings is 1. The zero-order valence-corrected chi connectivity index (χ0v) is 16.4. The molecule has 8 heteroatoms. The van der Waals surface area contributed by atoms with Gasteiger partial charge in [-0.2, -0.15) is 11.8 Å². The van der Waals surface area contributed by atoms with Crippen LogP contribution in [-0.4, -0.2) is 44.5 Å². The van der Waals surface area contributed by atoms with E-state index in [0.29, 0.717) is 25.9 Å². The summed E-state index contributed by atoms with van der Waals surface area (Å²) >= 11 is 1.69. The summed E-state index contributed by atoms with van der Waals surface area (Å²) in [6.45, 7) is 0.889. The summed E-state index contributed by atoms with van der Waals surface area (Å²) in [5.41, 5.74) is 0. The zero-order chi connectivity index (χ0) is 18.8. The molecule has 0 saturated carbocycles. The van der Waals surface area contributed by atoms with E-state index in [4.69, 9.17) is 4.42 Å². The molecule has 142 valence electrons. The van der Waals surface area contributed by atoms with Crippen LogP contribution in [0.2, 0.25) is 0 Å². The lowest BCUT2D eigenvalue weighted by molar-refractivity contribution is -0.121. The molecule has 0 aliphatic heterocycles. The number of thioether (sulfide) groups is 1. The summed E-state index contributed by atoms with van der Waals surface area (Å²) in [5, 5.41) is 2.85. The molecule has 0 saturated heterocycles. The molecule has 0 fully saturated rings. The van der Waals surface area contributed by atoms with Gasteiger partial charge in [0.25, 0.3) is 0 Å².